The predicted molar refractivity (Wildman–Crippen MR) is 90.4 cm³/mol. The van der Waals surface area contributed by atoms with E-state index < -0.39 is 11.9 Å². The van der Waals surface area contributed by atoms with Crippen LogP contribution in [0.3, 0.4) is 0 Å². The maximum atomic E-state index is 12.2. The summed E-state index contributed by atoms with van der Waals surface area (Å²) in [6.07, 6.45) is 3.07. The van der Waals surface area contributed by atoms with Gasteiger partial charge in [-0.3, -0.25) is 0 Å². The number of hydrogen-bond donors (Lipinski definition) is 0. The first-order valence-corrected chi connectivity index (χ1v) is 8.20. The zero-order chi connectivity index (χ0) is 16.6. The minimum absolute atomic E-state index is 0.346. The number of carbonyl (C=O) groups is 1. The maximum absolute atomic E-state index is 12.2. The van der Waals surface area contributed by atoms with Gasteiger partial charge < -0.3 is 14.2 Å². The summed E-state index contributed by atoms with van der Waals surface area (Å²) in [4.78, 5) is 12.2. The molecule has 0 amide bonds. The van der Waals surface area contributed by atoms with Gasteiger partial charge in [-0.2, -0.15) is 0 Å². The number of hydrogen-bond acceptors (Lipinski definition) is 4. The van der Waals surface area contributed by atoms with Crippen LogP contribution in [0.4, 0.5) is 4.79 Å². The molecule has 4 heteroatoms. The molecule has 0 spiro atoms. The Labute approximate surface area is 140 Å². The van der Waals surface area contributed by atoms with Crippen LogP contribution in [0.5, 0.6) is 5.75 Å². The van der Waals surface area contributed by atoms with Crippen LogP contribution in [-0.2, 0) is 15.3 Å². The van der Waals surface area contributed by atoms with E-state index in [-0.39, 0.29) is 0 Å². The van der Waals surface area contributed by atoms with E-state index in [1.165, 1.54) is 0 Å². The maximum Gasteiger partial charge on any atom is 0.512 e. The summed E-state index contributed by atoms with van der Waals surface area (Å²) in [7, 11) is 0. The highest BCUT2D eigenvalue weighted by molar-refractivity contribution is 5.97. The van der Waals surface area contributed by atoms with Gasteiger partial charge in [-0.15, -0.1) is 0 Å². The van der Waals surface area contributed by atoms with Crippen molar-refractivity contribution in [2.75, 3.05) is 6.61 Å². The Balaban J connectivity index is 1.71. The summed E-state index contributed by atoms with van der Waals surface area (Å²) in [6, 6.07) is 15.5. The van der Waals surface area contributed by atoms with Crippen molar-refractivity contribution in [3.05, 3.63) is 65.2 Å². The fourth-order valence-corrected chi connectivity index (χ4v) is 3.19. The van der Waals surface area contributed by atoms with Crippen LogP contribution >= 0.6 is 0 Å². The highest BCUT2D eigenvalue weighted by atomic mass is 16.8. The number of rotatable bonds is 4. The highest BCUT2D eigenvalue weighted by Crippen LogP contribution is 2.55. The highest BCUT2D eigenvalue weighted by Gasteiger charge is 2.54. The van der Waals surface area contributed by atoms with Crippen LogP contribution in [0.15, 0.2) is 48.5 Å². The zero-order valence-corrected chi connectivity index (χ0v) is 13.5. The van der Waals surface area contributed by atoms with Crippen LogP contribution in [-0.4, -0.2) is 12.8 Å². The van der Waals surface area contributed by atoms with Crippen molar-refractivity contribution in [3.8, 4) is 5.75 Å². The molecule has 2 aromatic carbocycles. The summed E-state index contributed by atoms with van der Waals surface area (Å²) >= 11 is 0. The molecule has 4 nitrogen and oxygen atoms in total. The molecule has 2 aliphatic rings. The van der Waals surface area contributed by atoms with Gasteiger partial charge in [0.25, 0.3) is 0 Å². The van der Waals surface area contributed by atoms with Gasteiger partial charge in [0.1, 0.15) is 5.75 Å². The molecule has 0 radical (unpaired) electrons. The van der Waals surface area contributed by atoms with Crippen molar-refractivity contribution in [1.82, 2.24) is 0 Å². The zero-order valence-electron chi connectivity index (χ0n) is 13.5. The fraction of sp³-hybridized carbons (Fsp3) is 0.250. The van der Waals surface area contributed by atoms with Gasteiger partial charge in [0.15, 0.2) is 0 Å². The number of unbranched alkanes of at least 4 members (excludes halogenated alkanes) is 1. The van der Waals surface area contributed by atoms with Crippen molar-refractivity contribution in [2.24, 2.45) is 0 Å². The second-order valence-electron chi connectivity index (χ2n) is 5.91. The minimum atomic E-state index is -1.25. The first-order valence-electron chi connectivity index (χ1n) is 8.20. The van der Waals surface area contributed by atoms with Crippen LogP contribution in [0.1, 0.15) is 36.5 Å². The molecule has 1 atom stereocenters. The minimum Gasteiger partial charge on any atom is -0.443 e. The Morgan fingerprint density at radius 1 is 1.12 bits per heavy atom. The van der Waals surface area contributed by atoms with Gasteiger partial charge in [-0.1, -0.05) is 55.8 Å². The lowest BCUT2D eigenvalue weighted by Crippen LogP contribution is -2.35. The van der Waals surface area contributed by atoms with Gasteiger partial charge in [0, 0.05) is 11.1 Å². The third-order valence-electron chi connectivity index (χ3n) is 4.35. The largest absolute Gasteiger partial charge is 0.512 e. The molecule has 0 fully saturated rings. The number of para-hydroxylation sites is 1. The molecule has 1 heterocycles. The first-order chi connectivity index (χ1) is 11.7. The van der Waals surface area contributed by atoms with Crippen molar-refractivity contribution >= 4 is 17.8 Å². The van der Waals surface area contributed by atoms with Crippen LogP contribution < -0.4 is 4.74 Å². The smallest absolute Gasteiger partial charge is 0.443 e. The monoisotopic (exact) mass is 322 g/mol. The standard InChI is InChI=1S/C20H18O4/c1-2-3-12-22-19(21)24-20-16-10-6-4-8-14(16)13-17(20)15-9-5-7-11-18(15)23-20/h4-11,13H,2-3,12H2,1H3. The van der Waals surface area contributed by atoms with Crippen LogP contribution in [0.25, 0.3) is 11.6 Å². The van der Waals surface area contributed by atoms with E-state index in [0.717, 1.165) is 35.1 Å². The van der Waals surface area contributed by atoms with Crippen LogP contribution in [0, 0.1) is 0 Å². The molecule has 2 aromatic rings. The van der Waals surface area contributed by atoms with E-state index in [0.29, 0.717) is 12.4 Å². The summed E-state index contributed by atoms with van der Waals surface area (Å²) < 4.78 is 17.1. The normalized spacial score (nSPS) is 19.6. The molecule has 24 heavy (non-hydrogen) atoms. The first kappa shape index (κ1) is 14.8. The molecule has 0 saturated carbocycles. The molecule has 122 valence electrons. The second-order valence-corrected chi connectivity index (χ2v) is 5.91. The van der Waals surface area contributed by atoms with E-state index in [1.807, 2.05) is 61.5 Å². The van der Waals surface area contributed by atoms with Gasteiger partial charge >= 0.3 is 11.9 Å². The number of benzene rings is 2. The van der Waals surface area contributed by atoms with Crippen LogP contribution in [0.2, 0.25) is 0 Å². The molecule has 1 aliphatic heterocycles. The lowest BCUT2D eigenvalue weighted by Gasteiger charge is -2.27. The molecular formula is C20H18O4. The Hall–Kier alpha value is -2.75. The fourth-order valence-electron chi connectivity index (χ4n) is 3.19. The third kappa shape index (κ3) is 2.18. The quantitative estimate of drug-likeness (QED) is 0.602. The van der Waals surface area contributed by atoms with Crippen molar-refractivity contribution in [3.63, 3.8) is 0 Å². The molecule has 0 saturated heterocycles. The Morgan fingerprint density at radius 3 is 2.79 bits per heavy atom. The molecule has 4 rings (SSSR count). The number of carbonyl (C=O) groups excluding carboxylic acids is 1. The van der Waals surface area contributed by atoms with Crippen molar-refractivity contribution in [2.45, 2.75) is 25.6 Å². The average Bonchev–Trinajstić information content (AvgIpc) is 3.06. The summed E-state index contributed by atoms with van der Waals surface area (Å²) in [5.41, 5.74) is 3.59. The van der Waals surface area contributed by atoms with Crippen molar-refractivity contribution in [1.29, 1.82) is 0 Å². The molecule has 0 aromatic heterocycles. The van der Waals surface area contributed by atoms with Gasteiger partial charge in [-0.05, 0) is 24.1 Å². The molecule has 0 bridgehead atoms. The molecule has 1 unspecified atom stereocenters. The Kier molecular flexibility index (Phi) is 3.53. The van der Waals surface area contributed by atoms with Gasteiger partial charge in [0.05, 0.1) is 12.2 Å². The Morgan fingerprint density at radius 2 is 1.92 bits per heavy atom. The summed E-state index contributed by atoms with van der Waals surface area (Å²) in [5, 5.41) is 0. The average molecular weight is 322 g/mol. The molecule has 1 aliphatic carbocycles. The van der Waals surface area contributed by atoms with E-state index in [9.17, 15) is 4.79 Å². The molecular weight excluding hydrogens is 304 g/mol. The van der Waals surface area contributed by atoms with Crippen molar-refractivity contribution < 1.29 is 19.0 Å². The third-order valence-corrected chi connectivity index (χ3v) is 4.35. The molecule has 0 N–H and O–H groups in total. The lowest BCUT2D eigenvalue weighted by molar-refractivity contribution is -0.112. The Bertz CT molecular complexity index is 824. The van der Waals surface area contributed by atoms with E-state index >= 15 is 0 Å². The summed E-state index contributed by atoms with van der Waals surface area (Å²) in [5.74, 6) is -0.538. The van der Waals surface area contributed by atoms with E-state index in [4.69, 9.17) is 14.2 Å². The lowest BCUT2D eigenvalue weighted by atomic mass is 9.99. The number of fused-ring (bicyclic) bond motifs is 5. The SMILES string of the molecule is CCCCOC(=O)OC12Oc3ccccc3C1=Cc1ccccc12. The van der Waals surface area contributed by atoms with Gasteiger partial charge in [0.2, 0.25) is 0 Å². The van der Waals surface area contributed by atoms with E-state index in [1.54, 1.807) is 0 Å². The van der Waals surface area contributed by atoms with E-state index in [2.05, 4.69) is 0 Å². The summed E-state index contributed by atoms with van der Waals surface area (Å²) in [6.45, 7) is 2.39. The predicted octanol–water partition coefficient (Wildman–Crippen LogP) is 4.74. The van der Waals surface area contributed by atoms with Gasteiger partial charge in [-0.25, -0.2) is 4.79 Å². The topological polar surface area (TPSA) is 44.8 Å². The second kappa shape index (κ2) is 5.71. The number of ether oxygens (including phenoxy) is 3.